The first-order valence-corrected chi connectivity index (χ1v) is 9.31. The van der Waals surface area contributed by atoms with Gasteiger partial charge in [0.1, 0.15) is 6.04 Å². The predicted molar refractivity (Wildman–Crippen MR) is 109 cm³/mol. The van der Waals surface area contributed by atoms with Crippen molar-refractivity contribution in [3.63, 3.8) is 0 Å². The summed E-state index contributed by atoms with van der Waals surface area (Å²) in [5.74, 6) is 0.988. The van der Waals surface area contributed by atoms with E-state index in [9.17, 15) is 9.59 Å². The normalized spacial score (nSPS) is 13.2. The second-order valence-electron chi connectivity index (χ2n) is 6.98. The summed E-state index contributed by atoms with van der Waals surface area (Å²) in [6, 6.07) is 13.4. The van der Waals surface area contributed by atoms with Gasteiger partial charge >= 0.3 is 0 Å². The van der Waals surface area contributed by atoms with Gasteiger partial charge in [0.15, 0.2) is 11.5 Å². The first-order valence-electron chi connectivity index (χ1n) is 9.31. The third kappa shape index (κ3) is 3.59. The Labute approximate surface area is 167 Å². The van der Waals surface area contributed by atoms with Crippen LogP contribution in [0.25, 0.3) is 11.3 Å². The Kier molecular flexibility index (Phi) is 4.80. The van der Waals surface area contributed by atoms with Gasteiger partial charge in [-0.05, 0) is 62.2 Å². The van der Waals surface area contributed by atoms with Crippen molar-refractivity contribution in [2.45, 2.75) is 26.8 Å². The molecule has 0 spiro atoms. The first kappa shape index (κ1) is 18.7. The molecule has 7 nitrogen and oxygen atoms in total. The molecule has 0 radical (unpaired) electrons. The highest BCUT2D eigenvalue weighted by Crippen LogP contribution is 2.35. The number of carbonyl (C=O) groups is 1. The molecule has 0 fully saturated rings. The van der Waals surface area contributed by atoms with Crippen LogP contribution >= 0.6 is 0 Å². The summed E-state index contributed by atoms with van der Waals surface area (Å²) < 4.78 is 11.9. The lowest BCUT2D eigenvalue weighted by atomic mass is 10.1. The van der Waals surface area contributed by atoms with Gasteiger partial charge in [-0.3, -0.25) is 9.59 Å². The summed E-state index contributed by atoms with van der Waals surface area (Å²) in [7, 11) is 0. The molecule has 7 heteroatoms. The standard InChI is InChI=1S/C22H21N3O4/c1-13-5-4-6-17(14(13)2)23-22(27)15(3)25-21(26)10-8-18(24-25)16-7-9-19-20(11-16)29-12-28-19/h4-11,15H,12H2,1-3H3,(H,23,27). The van der Waals surface area contributed by atoms with E-state index in [0.29, 0.717) is 17.2 Å². The minimum Gasteiger partial charge on any atom is -0.454 e. The highest BCUT2D eigenvalue weighted by atomic mass is 16.7. The monoisotopic (exact) mass is 391 g/mol. The second kappa shape index (κ2) is 7.43. The average molecular weight is 391 g/mol. The van der Waals surface area contributed by atoms with Gasteiger partial charge in [-0.2, -0.15) is 5.10 Å². The van der Waals surface area contributed by atoms with Crippen LogP contribution in [0, 0.1) is 13.8 Å². The number of ether oxygens (including phenoxy) is 2. The van der Waals surface area contributed by atoms with E-state index in [1.165, 1.54) is 10.7 Å². The van der Waals surface area contributed by atoms with Crippen LogP contribution in [0.5, 0.6) is 11.5 Å². The van der Waals surface area contributed by atoms with Crippen molar-refractivity contribution in [1.82, 2.24) is 9.78 Å². The van der Waals surface area contributed by atoms with Gasteiger partial charge in [0.2, 0.25) is 12.7 Å². The van der Waals surface area contributed by atoms with Gasteiger partial charge in [-0.15, -0.1) is 0 Å². The number of benzene rings is 2. The summed E-state index contributed by atoms with van der Waals surface area (Å²) in [4.78, 5) is 25.2. The van der Waals surface area contributed by atoms with E-state index in [2.05, 4.69) is 10.4 Å². The highest BCUT2D eigenvalue weighted by Gasteiger charge is 2.20. The molecule has 0 bridgehead atoms. The van der Waals surface area contributed by atoms with Crippen molar-refractivity contribution in [3.05, 3.63) is 70.0 Å². The molecule has 148 valence electrons. The quantitative estimate of drug-likeness (QED) is 0.737. The number of anilines is 1. The molecule has 1 N–H and O–H groups in total. The average Bonchev–Trinajstić information content (AvgIpc) is 3.19. The number of aromatic nitrogens is 2. The molecule has 1 amide bonds. The number of fused-ring (bicyclic) bond motifs is 1. The number of amides is 1. The van der Waals surface area contributed by atoms with Crippen molar-refractivity contribution < 1.29 is 14.3 Å². The Bertz CT molecular complexity index is 1150. The van der Waals surface area contributed by atoms with Crippen LogP contribution in [0.2, 0.25) is 0 Å². The molecule has 0 aliphatic carbocycles. The fraction of sp³-hybridized carbons (Fsp3) is 0.227. The van der Waals surface area contributed by atoms with E-state index in [-0.39, 0.29) is 18.3 Å². The molecule has 2 aromatic carbocycles. The maximum atomic E-state index is 12.8. The molecule has 1 unspecified atom stereocenters. The van der Waals surface area contributed by atoms with E-state index < -0.39 is 6.04 Å². The van der Waals surface area contributed by atoms with Crippen molar-refractivity contribution in [3.8, 4) is 22.8 Å². The maximum absolute atomic E-state index is 12.8. The molecular formula is C22H21N3O4. The van der Waals surface area contributed by atoms with Crippen LogP contribution in [0.1, 0.15) is 24.1 Å². The van der Waals surface area contributed by atoms with Gasteiger partial charge in [0.05, 0.1) is 5.69 Å². The number of aryl methyl sites for hydroxylation is 1. The van der Waals surface area contributed by atoms with E-state index in [1.807, 2.05) is 38.1 Å². The highest BCUT2D eigenvalue weighted by molar-refractivity contribution is 5.94. The summed E-state index contributed by atoms with van der Waals surface area (Å²) in [5.41, 5.74) is 3.78. The zero-order chi connectivity index (χ0) is 20.5. The number of hydrogen-bond acceptors (Lipinski definition) is 5. The maximum Gasteiger partial charge on any atom is 0.267 e. The fourth-order valence-corrected chi connectivity index (χ4v) is 3.15. The summed E-state index contributed by atoms with van der Waals surface area (Å²) >= 11 is 0. The molecule has 3 aromatic rings. The lowest BCUT2D eigenvalue weighted by Gasteiger charge is -2.16. The van der Waals surface area contributed by atoms with E-state index in [4.69, 9.17) is 9.47 Å². The Morgan fingerprint density at radius 3 is 2.72 bits per heavy atom. The molecule has 29 heavy (non-hydrogen) atoms. The number of hydrogen-bond donors (Lipinski definition) is 1. The number of nitrogens with zero attached hydrogens (tertiary/aromatic N) is 2. The van der Waals surface area contributed by atoms with Crippen molar-refractivity contribution in [2.75, 3.05) is 12.1 Å². The van der Waals surface area contributed by atoms with Gasteiger partial charge in [0.25, 0.3) is 5.56 Å². The third-order valence-corrected chi connectivity index (χ3v) is 5.10. The minimum absolute atomic E-state index is 0.182. The molecule has 0 saturated heterocycles. The Morgan fingerprint density at radius 1 is 1.10 bits per heavy atom. The smallest absolute Gasteiger partial charge is 0.267 e. The SMILES string of the molecule is Cc1cccc(NC(=O)C(C)n2nc(-c3ccc4c(c3)OCO4)ccc2=O)c1C. The van der Waals surface area contributed by atoms with E-state index >= 15 is 0 Å². The van der Waals surface area contributed by atoms with E-state index in [0.717, 1.165) is 22.4 Å². The largest absolute Gasteiger partial charge is 0.454 e. The van der Waals surface area contributed by atoms with Crippen molar-refractivity contribution in [2.24, 2.45) is 0 Å². The summed E-state index contributed by atoms with van der Waals surface area (Å²) in [6.45, 7) is 5.76. The first-order chi connectivity index (χ1) is 13.9. The summed E-state index contributed by atoms with van der Waals surface area (Å²) in [5, 5.41) is 7.31. The topological polar surface area (TPSA) is 82.5 Å². The van der Waals surface area contributed by atoms with Crippen LogP contribution in [0.15, 0.2) is 53.3 Å². The van der Waals surface area contributed by atoms with Gasteiger partial charge < -0.3 is 14.8 Å². The molecule has 2 heterocycles. The fourth-order valence-electron chi connectivity index (χ4n) is 3.15. The minimum atomic E-state index is -0.781. The number of carbonyl (C=O) groups excluding carboxylic acids is 1. The van der Waals surface area contributed by atoms with E-state index in [1.54, 1.807) is 25.1 Å². The lowest BCUT2D eigenvalue weighted by Crippen LogP contribution is -2.33. The Hall–Kier alpha value is -3.61. The van der Waals surface area contributed by atoms with Crippen LogP contribution < -0.4 is 20.3 Å². The molecule has 1 atom stereocenters. The molecule has 1 aliphatic rings. The molecule has 1 aliphatic heterocycles. The number of rotatable bonds is 4. The van der Waals surface area contributed by atoms with Gasteiger partial charge in [-0.25, -0.2) is 4.68 Å². The van der Waals surface area contributed by atoms with Crippen molar-refractivity contribution in [1.29, 1.82) is 0 Å². The Balaban J connectivity index is 1.62. The predicted octanol–water partition coefficient (Wildman–Crippen LogP) is 3.46. The summed E-state index contributed by atoms with van der Waals surface area (Å²) in [6.07, 6.45) is 0. The zero-order valence-corrected chi connectivity index (χ0v) is 16.4. The van der Waals surface area contributed by atoms with Crippen LogP contribution in [-0.2, 0) is 4.79 Å². The van der Waals surface area contributed by atoms with Gasteiger partial charge in [0, 0.05) is 17.3 Å². The van der Waals surface area contributed by atoms with Gasteiger partial charge in [-0.1, -0.05) is 12.1 Å². The van der Waals surface area contributed by atoms with Crippen LogP contribution in [0.3, 0.4) is 0 Å². The molecular weight excluding hydrogens is 370 g/mol. The number of nitrogens with one attached hydrogen (secondary N) is 1. The third-order valence-electron chi connectivity index (χ3n) is 5.10. The molecule has 1 aromatic heterocycles. The zero-order valence-electron chi connectivity index (χ0n) is 16.4. The lowest BCUT2D eigenvalue weighted by molar-refractivity contribution is -0.119. The van der Waals surface area contributed by atoms with Crippen LogP contribution in [-0.4, -0.2) is 22.5 Å². The second-order valence-corrected chi connectivity index (χ2v) is 6.98. The Morgan fingerprint density at radius 2 is 1.90 bits per heavy atom. The van der Waals surface area contributed by atoms with Crippen LogP contribution in [0.4, 0.5) is 5.69 Å². The molecule has 4 rings (SSSR count). The molecule has 0 saturated carbocycles. The van der Waals surface area contributed by atoms with Crippen molar-refractivity contribution >= 4 is 11.6 Å².